The second-order valence-electron chi connectivity index (χ2n) is 8.31. The van der Waals surface area contributed by atoms with Gasteiger partial charge in [0.25, 0.3) is 5.91 Å². The normalized spacial score (nSPS) is 18.5. The van der Waals surface area contributed by atoms with Crippen LogP contribution in [-0.2, 0) is 15.1 Å². The van der Waals surface area contributed by atoms with E-state index in [9.17, 15) is 14.4 Å². The van der Waals surface area contributed by atoms with Gasteiger partial charge in [-0.25, -0.2) is 4.79 Å². The number of carbonyl (C=O) groups excluding carboxylic acids is 3. The van der Waals surface area contributed by atoms with E-state index < -0.39 is 29.4 Å². The lowest BCUT2D eigenvalue weighted by Crippen LogP contribution is -2.45. The Hall–Kier alpha value is -3.64. The van der Waals surface area contributed by atoms with E-state index in [0.717, 1.165) is 16.0 Å². The monoisotopic (exact) mass is 475 g/mol. The van der Waals surface area contributed by atoms with Crippen molar-refractivity contribution in [3.8, 4) is 0 Å². The van der Waals surface area contributed by atoms with Gasteiger partial charge < -0.3 is 10.6 Å². The van der Waals surface area contributed by atoms with Crippen LogP contribution in [0.2, 0.25) is 5.02 Å². The number of amides is 4. The Morgan fingerprint density at radius 1 is 0.941 bits per heavy atom. The molecule has 0 spiro atoms. The molecule has 2 atom stereocenters. The minimum atomic E-state index is -1.16. The first-order valence-corrected chi connectivity index (χ1v) is 11.6. The lowest BCUT2D eigenvalue weighted by atomic mass is 9.85. The molecule has 4 rings (SSSR count). The summed E-state index contributed by atoms with van der Waals surface area (Å²) in [5, 5.41) is 6.43. The number of halogens is 1. The molecule has 1 aliphatic heterocycles. The lowest BCUT2D eigenvalue weighted by molar-refractivity contribution is -0.135. The first-order chi connectivity index (χ1) is 16.4. The number of urea groups is 1. The van der Waals surface area contributed by atoms with E-state index in [1.165, 1.54) is 0 Å². The molecule has 0 bridgehead atoms. The summed E-state index contributed by atoms with van der Waals surface area (Å²) in [5.74, 6) is -0.851. The average Bonchev–Trinajstić information content (AvgIpc) is 3.09. The molecule has 6 nitrogen and oxygen atoms in total. The molecule has 1 aliphatic rings. The summed E-state index contributed by atoms with van der Waals surface area (Å²) in [5.41, 5.74) is 1.26. The Kier molecular flexibility index (Phi) is 6.98. The number of rotatable bonds is 8. The largest absolute Gasteiger partial charge is 0.344 e. The molecule has 174 valence electrons. The van der Waals surface area contributed by atoms with Crippen molar-refractivity contribution in [2.75, 3.05) is 6.54 Å². The maximum Gasteiger partial charge on any atom is 0.325 e. The van der Waals surface area contributed by atoms with Crippen LogP contribution in [0.4, 0.5) is 4.79 Å². The third kappa shape index (κ3) is 4.68. The summed E-state index contributed by atoms with van der Waals surface area (Å²) < 4.78 is 0. The Labute approximate surface area is 203 Å². The lowest BCUT2D eigenvalue weighted by Gasteiger charge is -2.27. The molecule has 1 heterocycles. The SMILES string of the molecule is CCCC1(c2ccccc2)NC(=O)N(CC(=O)NC(c2ccccc2)c2ccc(Cl)cc2)C1=O. The van der Waals surface area contributed by atoms with E-state index >= 15 is 0 Å². The fraction of sp³-hybridized carbons (Fsp3) is 0.222. The van der Waals surface area contributed by atoms with Crippen molar-refractivity contribution in [3.05, 3.63) is 107 Å². The van der Waals surface area contributed by atoms with Gasteiger partial charge in [0.15, 0.2) is 0 Å². The van der Waals surface area contributed by atoms with Crippen molar-refractivity contribution in [3.63, 3.8) is 0 Å². The predicted octanol–water partition coefficient (Wildman–Crippen LogP) is 4.79. The van der Waals surface area contributed by atoms with Crippen LogP contribution in [0.5, 0.6) is 0 Å². The summed E-state index contributed by atoms with van der Waals surface area (Å²) in [6, 6.07) is 24.8. The molecule has 2 unspecified atom stereocenters. The highest BCUT2D eigenvalue weighted by Crippen LogP contribution is 2.33. The van der Waals surface area contributed by atoms with Crippen molar-refractivity contribution in [1.29, 1.82) is 0 Å². The number of hydrogen-bond acceptors (Lipinski definition) is 3. The van der Waals surface area contributed by atoms with Gasteiger partial charge in [0.1, 0.15) is 12.1 Å². The maximum absolute atomic E-state index is 13.5. The van der Waals surface area contributed by atoms with Crippen LogP contribution in [0.1, 0.15) is 42.5 Å². The second kappa shape index (κ2) is 10.1. The van der Waals surface area contributed by atoms with E-state index in [1.807, 2.05) is 79.7 Å². The molecule has 0 saturated carbocycles. The number of nitrogens with one attached hydrogen (secondary N) is 2. The molecule has 0 aromatic heterocycles. The minimum Gasteiger partial charge on any atom is -0.344 e. The first kappa shape index (κ1) is 23.5. The Morgan fingerprint density at radius 3 is 2.15 bits per heavy atom. The zero-order chi connectivity index (χ0) is 24.1. The molecule has 1 fully saturated rings. The molecule has 3 aromatic rings. The van der Waals surface area contributed by atoms with Gasteiger partial charge in [-0.15, -0.1) is 0 Å². The molecule has 1 saturated heterocycles. The number of hydrogen-bond donors (Lipinski definition) is 2. The Balaban J connectivity index is 1.57. The molecule has 7 heteroatoms. The molecule has 0 radical (unpaired) electrons. The predicted molar refractivity (Wildman–Crippen MR) is 131 cm³/mol. The third-order valence-electron chi connectivity index (χ3n) is 6.01. The number of imide groups is 1. The molecule has 4 amide bonds. The zero-order valence-corrected chi connectivity index (χ0v) is 19.6. The maximum atomic E-state index is 13.5. The van der Waals surface area contributed by atoms with Crippen LogP contribution in [0.3, 0.4) is 0 Å². The van der Waals surface area contributed by atoms with Gasteiger partial charge in [0, 0.05) is 5.02 Å². The molecule has 34 heavy (non-hydrogen) atoms. The van der Waals surface area contributed by atoms with Crippen LogP contribution in [-0.4, -0.2) is 29.3 Å². The summed E-state index contributed by atoms with van der Waals surface area (Å²) in [4.78, 5) is 40.4. The molecular weight excluding hydrogens is 450 g/mol. The summed E-state index contributed by atoms with van der Waals surface area (Å²) in [6.07, 6.45) is 1.13. The van der Waals surface area contributed by atoms with Crippen LogP contribution in [0, 0.1) is 0 Å². The van der Waals surface area contributed by atoms with E-state index in [1.54, 1.807) is 12.1 Å². The van der Waals surface area contributed by atoms with Crippen molar-refractivity contribution in [2.45, 2.75) is 31.3 Å². The number of carbonyl (C=O) groups is 3. The average molecular weight is 476 g/mol. The van der Waals surface area contributed by atoms with Gasteiger partial charge >= 0.3 is 6.03 Å². The van der Waals surface area contributed by atoms with Gasteiger partial charge in [-0.2, -0.15) is 0 Å². The number of benzene rings is 3. The van der Waals surface area contributed by atoms with Gasteiger partial charge in [0.2, 0.25) is 5.91 Å². The van der Waals surface area contributed by atoms with E-state index in [0.29, 0.717) is 23.4 Å². The van der Waals surface area contributed by atoms with Crippen LogP contribution >= 0.6 is 11.6 Å². The van der Waals surface area contributed by atoms with E-state index in [4.69, 9.17) is 11.6 Å². The minimum absolute atomic E-state index is 0.375. The van der Waals surface area contributed by atoms with Crippen molar-refractivity contribution in [2.24, 2.45) is 0 Å². The molecule has 0 aliphatic carbocycles. The fourth-order valence-electron chi connectivity index (χ4n) is 4.39. The first-order valence-electron chi connectivity index (χ1n) is 11.2. The highest BCUT2D eigenvalue weighted by atomic mass is 35.5. The van der Waals surface area contributed by atoms with Gasteiger partial charge in [-0.1, -0.05) is 97.7 Å². The van der Waals surface area contributed by atoms with E-state index in [2.05, 4.69) is 10.6 Å². The highest BCUT2D eigenvalue weighted by molar-refractivity contribution is 6.30. The van der Waals surface area contributed by atoms with Crippen molar-refractivity contribution >= 4 is 29.4 Å². The zero-order valence-electron chi connectivity index (χ0n) is 18.8. The van der Waals surface area contributed by atoms with Gasteiger partial charge in [0.05, 0.1) is 6.04 Å². The topological polar surface area (TPSA) is 78.5 Å². The summed E-state index contributed by atoms with van der Waals surface area (Å²) in [6.45, 7) is 1.58. The molecule has 3 aromatic carbocycles. The Bertz CT molecular complexity index is 1170. The van der Waals surface area contributed by atoms with Crippen molar-refractivity contribution in [1.82, 2.24) is 15.5 Å². The van der Waals surface area contributed by atoms with Gasteiger partial charge in [-0.05, 0) is 35.2 Å². The summed E-state index contributed by atoms with van der Waals surface area (Å²) >= 11 is 6.04. The van der Waals surface area contributed by atoms with Crippen molar-refractivity contribution < 1.29 is 14.4 Å². The number of nitrogens with zero attached hydrogens (tertiary/aromatic N) is 1. The smallest absolute Gasteiger partial charge is 0.325 e. The molecular formula is C27H26ClN3O3. The fourth-order valence-corrected chi connectivity index (χ4v) is 4.51. The van der Waals surface area contributed by atoms with Crippen LogP contribution in [0.15, 0.2) is 84.9 Å². The second-order valence-corrected chi connectivity index (χ2v) is 8.74. The van der Waals surface area contributed by atoms with Crippen LogP contribution < -0.4 is 10.6 Å². The highest BCUT2D eigenvalue weighted by Gasteiger charge is 2.52. The Morgan fingerprint density at radius 2 is 1.53 bits per heavy atom. The summed E-state index contributed by atoms with van der Waals surface area (Å²) in [7, 11) is 0. The quantitative estimate of drug-likeness (QED) is 0.459. The molecule has 2 N–H and O–H groups in total. The van der Waals surface area contributed by atoms with Gasteiger partial charge in [-0.3, -0.25) is 14.5 Å². The van der Waals surface area contributed by atoms with Crippen LogP contribution in [0.25, 0.3) is 0 Å². The van der Waals surface area contributed by atoms with E-state index in [-0.39, 0.29) is 6.54 Å². The standard InChI is InChI=1S/C27H26ClN3O3/c1-2-17-27(21-11-7-4-8-12-21)25(33)31(26(34)30-27)18-23(32)29-24(19-9-5-3-6-10-19)20-13-15-22(28)16-14-20/h3-16,24H,2,17-18H2,1H3,(H,29,32)(H,30,34). The third-order valence-corrected chi connectivity index (χ3v) is 6.26.